The number of likely N-dealkylation sites (tertiary alicyclic amines) is 1. The monoisotopic (exact) mass is 388 g/mol. The van der Waals surface area contributed by atoms with Gasteiger partial charge in [-0.1, -0.05) is 30.3 Å². The third-order valence-corrected chi connectivity index (χ3v) is 5.38. The van der Waals surface area contributed by atoms with Gasteiger partial charge in [0.2, 0.25) is 5.91 Å². The van der Waals surface area contributed by atoms with Crippen LogP contribution in [-0.2, 0) is 20.9 Å². The van der Waals surface area contributed by atoms with E-state index in [4.69, 9.17) is 0 Å². The van der Waals surface area contributed by atoms with Crippen LogP contribution in [0.3, 0.4) is 0 Å². The van der Waals surface area contributed by atoms with Crippen molar-refractivity contribution in [3.05, 3.63) is 35.9 Å². The van der Waals surface area contributed by atoms with Crippen LogP contribution in [0.4, 0.5) is 9.59 Å². The van der Waals surface area contributed by atoms with Gasteiger partial charge < -0.3 is 19.9 Å². The molecule has 2 N–H and O–H groups in total. The molecule has 1 aromatic rings. The number of alkyl carbamates (subject to hydrolysis) is 1. The molecule has 1 aromatic carbocycles. The summed E-state index contributed by atoms with van der Waals surface area (Å²) < 4.78 is 4.51. The van der Waals surface area contributed by atoms with Gasteiger partial charge in [-0.05, 0) is 25.3 Å². The minimum atomic E-state index is -0.956. The second-order valence-corrected chi connectivity index (χ2v) is 7.05. The van der Waals surface area contributed by atoms with Gasteiger partial charge in [-0.25, -0.2) is 9.59 Å². The zero-order valence-electron chi connectivity index (χ0n) is 15.9. The van der Waals surface area contributed by atoms with Crippen LogP contribution in [0.1, 0.15) is 25.3 Å². The van der Waals surface area contributed by atoms with Crippen molar-refractivity contribution >= 4 is 23.9 Å². The van der Waals surface area contributed by atoms with E-state index >= 15 is 0 Å². The fourth-order valence-electron chi connectivity index (χ4n) is 3.75. The number of methoxy groups -OCH3 is 1. The Morgan fingerprint density at radius 2 is 1.86 bits per heavy atom. The Balaban J connectivity index is 1.69. The molecule has 9 heteroatoms. The van der Waals surface area contributed by atoms with E-state index in [0.29, 0.717) is 32.5 Å². The standard InChI is InChI=1S/C19H24N4O5/c1-13(20-18(27)28-2)15(24)22-10-8-19(9-11-22)16(25)21-17(26)23(19)12-14-6-4-3-5-7-14/h3-7,13H,8-12H2,1-2H3,(H,20,27)(H,21,25,26). The molecule has 9 nitrogen and oxygen atoms in total. The maximum absolute atomic E-state index is 12.6. The number of benzene rings is 1. The molecule has 5 amide bonds. The lowest BCUT2D eigenvalue weighted by Gasteiger charge is -2.42. The van der Waals surface area contributed by atoms with Crippen molar-refractivity contribution in [2.24, 2.45) is 0 Å². The molecule has 0 aromatic heterocycles. The van der Waals surface area contributed by atoms with Crippen LogP contribution < -0.4 is 10.6 Å². The lowest BCUT2D eigenvalue weighted by Crippen LogP contribution is -2.58. The molecule has 1 spiro atoms. The van der Waals surface area contributed by atoms with E-state index in [1.807, 2.05) is 30.3 Å². The Hall–Kier alpha value is -3.10. The molecule has 2 heterocycles. The third-order valence-electron chi connectivity index (χ3n) is 5.38. The molecule has 150 valence electrons. The number of urea groups is 1. The van der Waals surface area contributed by atoms with Crippen LogP contribution in [-0.4, -0.2) is 65.5 Å². The number of hydrogen-bond acceptors (Lipinski definition) is 5. The fraction of sp³-hybridized carbons (Fsp3) is 0.474. The summed E-state index contributed by atoms with van der Waals surface area (Å²) in [6.07, 6.45) is 0.00599. The SMILES string of the molecule is COC(=O)NC(C)C(=O)N1CCC2(CC1)C(=O)NC(=O)N2Cc1ccccc1. The normalized spacial score (nSPS) is 19.4. The molecule has 0 bridgehead atoms. The largest absolute Gasteiger partial charge is 0.453 e. The zero-order chi connectivity index (χ0) is 20.3. The smallest absolute Gasteiger partial charge is 0.407 e. The van der Waals surface area contributed by atoms with Gasteiger partial charge in [0.05, 0.1) is 7.11 Å². The predicted molar refractivity (Wildman–Crippen MR) is 99.1 cm³/mol. The molecule has 0 aliphatic carbocycles. The summed E-state index contributed by atoms with van der Waals surface area (Å²) >= 11 is 0. The summed E-state index contributed by atoms with van der Waals surface area (Å²) in [4.78, 5) is 52.0. The highest BCUT2D eigenvalue weighted by molar-refractivity contribution is 6.07. The molecule has 28 heavy (non-hydrogen) atoms. The first-order valence-electron chi connectivity index (χ1n) is 9.17. The van der Waals surface area contributed by atoms with Gasteiger partial charge in [0.25, 0.3) is 5.91 Å². The predicted octanol–water partition coefficient (Wildman–Crippen LogP) is 0.844. The van der Waals surface area contributed by atoms with Crippen LogP contribution >= 0.6 is 0 Å². The summed E-state index contributed by atoms with van der Waals surface area (Å²) in [5.74, 6) is -0.569. The molecule has 3 rings (SSSR count). The highest BCUT2D eigenvalue weighted by atomic mass is 16.5. The third kappa shape index (κ3) is 3.64. The number of carbonyl (C=O) groups is 4. The zero-order valence-corrected chi connectivity index (χ0v) is 15.9. The van der Waals surface area contributed by atoms with Crippen molar-refractivity contribution in [3.63, 3.8) is 0 Å². The molecule has 2 saturated heterocycles. The number of piperidine rings is 1. The van der Waals surface area contributed by atoms with Crippen LogP contribution in [0.2, 0.25) is 0 Å². The topological polar surface area (TPSA) is 108 Å². The lowest BCUT2D eigenvalue weighted by molar-refractivity contribution is -0.139. The van der Waals surface area contributed by atoms with Crippen LogP contribution in [0.5, 0.6) is 0 Å². The van der Waals surface area contributed by atoms with E-state index in [2.05, 4.69) is 15.4 Å². The number of nitrogens with one attached hydrogen (secondary N) is 2. The van der Waals surface area contributed by atoms with Crippen LogP contribution in [0.25, 0.3) is 0 Å². The summed E-state index contributed by atoms with van der Waals surface area (Å²) in [6.45, 7) is 2.54. The van der Waals surface area contributed by atoms with E-state index < -0.39 is 23.7 Å². The number of carbonyl (C=O) groups excluding carboxylic acids is 4. The van der Waals surface area contributed by atoms with E-state index in [-0.39, 0.29) is 11.8 Å². The first kappa shape index (κ1) is 19.7. The quantitative estimate of drug-likeness (QED) is 0.744. The van der Waals surface area contributed by atoms with Crippen molar-refractivity contribution in [2.45, 2.75) is 37.9 Å². The van der Waals surface area contributed by atoms with Crippen molar-refractivity contribution in [3.8, 4) is 0 Å². The van der Waals surface area contributed by atoms with Gasteiger partial charge in [0, 0.05) is 19.6 Å². The highest BCUT2D eigenvalue weighted by Gasteiger charge is 2.54. The van der Waals surface area contributed by atoms with Gasteiger partial charge in [0.1, 0.15) is 11.6 Å². The molecule has 2 aliphatic rings. The summed E-state index contributed by atoms with van der Waals surface area (Å²) in [5, 5.41) is 4.87. The second kappa shape index (κ2) is 7.87. The Kier molecular flexibility index (Phi) is 5.53. The number of nitrogens with zero attached hydrogens (tertiary/aromatic N) is 2. The number of hydrogen-bond donors (Lipinski definition) is 2. The van der Waals surface area contributed by atoms with Gasteiger partial charge in [-0.15, -0.1) is 0 Å². The van der Waals surface area contributed by atoms with E-state index in [1.165, 1.54) is 7.11 Å². The average Bonchev–Trinajstić information content (AvgIpc) is 2.92. The minimum absolute atomic E-state index is 0.250. The maximum atomic E-state index is 12.6. The Labute approximate surface area is 163 Å². The molecule has 2 aliphatic heterocycles. The van der Waals surface area contributed by atoms with Crippen molar-refractivity contribution < 1.29 is 23.9 Å². The minimum Gasteiger partial charge on any atom is -0.453 e. The number of rotatable bonds is 4. The van der Waals surface area contributed by atoms with Gasteiger partial charge in [-0.3, -0.25) is 14.9 Å². The maximum Gasteiger partial charge on any atom is 0.407 e. The number of ether oxygens (including phenoxy) is 1. The fourth-order valence-corrected chi connectivity index (χ4v) is 3.75. The molecule has 0 radical (unpaired) electrons. The second-order valence-electron chi connectivity index (χ2n) is 7.05. The van der Waals surface area contributed by atoms with Gasteiger partial charge in [0.15, 0.2) is 0 Å². The van der Waals surface area contributed by atoms with Gasteiger partial charge >= 0.3 is 12.1 Å². The molecule has 0 saturated carbocycles. The van der Waals surface area contributed by atoms with Crippen LogP contribution in [0, 0.1) is 0 Å². The summed E-state index contributed by atoms with van der Waals surface area (Å²) in [7, 11) is 1.23. The van der Waals surface area contributed by atoms with E-state index in [0.717, 1.165) is 5.56 Å². The Morgan fingerprint density at radius 1 is 1.21 bits per heavy atom. The van der Waals surface area contributed by atoms with E-state index in [1.54, 1.807) is 16.7 Å². The van der Waals surface area contributed by atoms with Crippen molar-refractivity contribution in [2.75, 3.05) is 20.2 Å². The molecule has 1 atom stereocenters. The number of imide groups is 1. The van der Waals surface area contributed by atoms with E-state index in [9.17, 15) is 19.2 Å². The Morgan fingerprint density at radius 3 is 2.46 bits per heavy atom. The van der Waals surface area contributed by atoms with Crippen molar-refractivity contribution in [1.82, 2.24) is 20.4 Å². The average molecular weight is 388 g/mol. The number of amides is 5. The molecule has 2 fully saturated rings. The summed E-state index contributed by atoms with van der Waals surface area (Å²) in [6, 6.07) is 8.33. The van der Waals surface area contributed by atoms with Crippen LogP contribution in [0.15, 0.2) is 30.3 Å². The Bertz CT molecular complexity index is 774. The lowest BCUT2D eigenvalue weighted by atomic mass is 9.85. The first-order chi connectivity index (χ1) is 13.4. The molecule has 1 unspecified atom stereocenters. The molecular formula is C19H24N4O5. The van der Waals surface area contributed by atoms with Gasteiger partial charge in [-0.2, -0.15) is 0 Å². The first-order valence-corrected chi connectivity index (χ1v) is 9.17. The van der Waals surface area contributed by atoms with Crippen molar-refractivity contribution in [1.29, 1.82) is 0 Å². The molecular weight excluding hydrogens is 364 g/mol. The highest BCUT2D eigenvalue weighted by Crippen LogP contribution is 2.34. The summed E-state index contributed by atoms with van der Waals surface area (Å²) in [5.41, 5.74) is -0.0240.